The SMILES string of the molecule is [C-]#[N+]C[C@H]1CN(c2nc(O[C@H](C)CN(C)CC3(F)CC3)nc3c2CCN(c2cncc4cccc(C)c24)C3)CCN1C(=O)C(=C)F. The first kappa shape index (κ1) is 31.6. The summed E-state index contributed by atoms with van der Waals surface area (Å²) in [4.78, 5) is 38.1. The second kappa shape index (κ2) is 12.8. The monoisotopic (exact) mass is 630 g/mol. The number of hydrogen-bond acceptors (Lipinski definition) is 8. The van der Waals surface area contributed by atoms with Crippen LogP contribution in [0, 0.1) is 13.5 Å². The molecule has 0 N–H and O–H groups in total. The molecule has 0 unspecified atom stereocenters. The average Bonchev–Trinajstić information content (AvgIpc) is 3.75. The van der Waals surface area contributed by atoms with Crippen molar-refractivity contribution < 1.29 is 18.3 Å². The molecule has 0 bridgehead atoms. The van der Waals surface area contributed by atoms with E-state index in [9.17, 15) is 13.6 Å². The van der Waals surface area contributed by atoms with Crippen molar-refractivity contribution >= 4 is 28.2 Å². The Bertz CT molecular complexity index is 1680. The highest BCUT2D eigenvalue weighted by molar-refractivity contribution is 5.96. The first-order chi connectivity index (χ1) is 22.0. The summed E-state index contributed by atoms with van der Waals surface area (Å²) in [6, 6.07) is 5.91. The number of alkyl halides is 1. The van der Waals surface area contributed by atoms with E-state index in [1.54, 1.807) is 0 Å². The van der Waals surface area contributed by atoms with E-state index in [0.717, 1.165) is 34.3 Å². The molecule has 10 nitrogen and oxygen atoms in total. The smallest absolute Gasteiger partial charge is 0.318 e. The third-order valence-corrected chi connectivity index (χ3v) is 9.13. The van der Waals surface area contributed by atoms with Gasteiger partial charge in [0.05, 0.1) is 24.1 Å². The lowest BCUT2D eigenvalue weighted by Gasteiger charge is -2.41. The van der Waals surface area contributed by atoms with Crippen LogP contribution < -0.4 is 14.5 Å². The lowest BCUT2D eigenvalue weighted by Crippen LogP contribution is -2.57. The minimum Gasteiger partial charge on any atom is -0.459 e. The number of piperazine rings is 1. The van der Waals surface area contributed by atoms with Crippen LogP contribution in [0.25, 0.3) is 15.6 Å². The fourth-order valence-electron chi connectivity index (χ4n) is 6.78. The minimum absolute atomic E-state index is 0.0345. The molecule has 1 amide bonds. The van der Waals surface area contributed by atoms with Crippen LogP contribution in [0.3, 0.4) is 0 Å². The number of anilines is 2. The number of carbonyl (C=O) groups is 1. The quantitative estimate of drug-likeness (QED) is 0.239. The van der Waals surface area contributed by atoms with Gasteiger partial charge in [-0.1, -0.05) is 24.8 Å². The van der Waals surface area contributed by atoms with Crippen LogP contribution in [0.2, 0.25) is 0 Å². The number of rotatable bonds is 10. The summed E-state index contributed by atoms with van der Waals surface area (Å²) < 4.78 is 34.5. The molecule has 12 heteroatoms. The summed E-state index contributed by atoms with van der Waals surface area (Å²) in [6.45, 7) is 17.8. The van der Waals surface area contributed by atoms with E-state index in [-0.39, 0.29) is 25.2 Å². The molecule has 1 aromatic carbocycles. The minimum atomic E-state index is -1.10. The van der Waals surface area contributed by atoms with Crippen molar-refractivity contribution in [3.05, 3.63) is 71.2 Å². The Morgan fingerprint density at radius 3 is 2.78 bits per heavy atom. The molecule has 0 radical (unpaired) electrons. The van der Waals surface area contributed by atoms with E-state index < -0.39 is 23.4 Å². The van der Waals surface area contributed by atoms with Crippen molar-refractivity contribution in [2.45, 2.75) is 57.5 Å². The Hall–Kier alpha value is -4.37. The molecule has 2 aliphatic heterocycles. The highest BCUT2D eigenvalue weighted by atomic mass is 19.1. The number of likely N-dealkylation sites (N-methyl/N-ethyl adjacent to an activating group) is 1. The molecule has 4 heterocycles. The molecule has 2 atom stereocenters. The van der Waals surface area contributed by atoms with Gasteiger partial charge in [0.2, 0.25) is 6.54 Å². The molecule has 1 saturated carbocycles. The Labute approximate surface area is 268 Å². The number of aryl methyl sites for hydroxylation is 1. The molecule has 0 spiro atoms. The Kier molecular flexibility index (Phi) is 8.79. The highest BCUT2D eigenvalue weighted by Gasteiger charge is 2.44. The Morgan fingerprint density at radius 2 is 2.04 bits per heavy atom. The van der Waals surface area contributed by atoms with Gasteiger partial charge in [0.1, 0.15) is 23.6 Å². The number of nitrogens with zero attached hydrogens (tertiary/aromatic N) is 8. The summed E-state index contributed by atoms with van der Waals surface area (Å²) in [5, 5.41) is 2.23. The first-order valence-electron chi connectivity index (χ1n) is 15.8. The van der Waals surface area contributed by atoms with E-state index in [4.69, 9.17) is 21.3 Å². The van der Waals surface area contributed by atoms with E-state index in [1.165, 1.54) is 10.5 Å². The second-order valence-electron chi connectivity index (χ2n) is 12.9. The molecule has 1 saturated heterocycles. The first-order valence-corrected chi connectivity index (χ1v) is 15.8. The molecule has 3 aliphatic rings. The van der Waals surface area contributed by atoms with Crippen molar-refractivity contribution in [3.8, 4) is 6.01 Å². The van der Waals surface area contributed by atoms with Gasteiger partial charge in [-0.3, -0.25) is 14.7 Å². The number of amides is 1. The van der Waals surface area contributed by atoms with Crippen molar-refractivity contribution in [2.75, 3.05) is 62.7 Å². The van der Waals surface area contributed by atoms with Gasteiger partial charge in [-0.15, -0.1) is 0 Å². The number of pyridine rings is 1. The van der Waals surface area contributed by atoms with Crippen LogP contribution >= 0.6 is 0 Å². The predicted molar refractivity (Wildman–Crippen MR) is 173 cm³/mol. The second-order valence-corrected chi connectivity index (χ2v) is 12.9. The molecule has 46 heavy (non-hydrogen) atoms. The highest BCUT2D eigenvalue weighted by Crippen LogP contribution is 2.40. The molecule has 1 aliphatic carbocycles. The molecule has 2 fully saturated rings. The number of carbonyl (C=O) groups excluding carboxylic acids is 1. The average molecular weight is 631 g/mol. The zero-order chi connectivity index (χ0) is 32.6. The molecular formula is C34H40F2N8O2. The summed E-state index contributed by atoms with van der Waals surface area (Å²) >= 11 is 0. The largest absolute Gasteiger partial charge is 0.459 e. The van der Waals surface area contributed by atoms with Crippen molar-refractivity contribution in [1.82, 2.24) is 24.8 Å². The van der Waals surface area contributed by atoms with Gasteiger partial charge < -0.3 is 24.3 Å². The van der Waals surface area contributed by atoms with Crippen LogP contribution in [-0.2, 0) is 17.8 Å². The zero-order valence-corrected chi connectivity index (χ0v) is 26.7. The maximum atomic E-state index is 14.4. The third-order valence-electron chi connectivity index (χ3n) is 9.13. The Balaban J connectivity index is 1.31. The number of ether oxygens (including phenoxy) is 1. The van der Waals surface area contributed by atoms with Gasteiger partial charge in [-0.05, 0) is 45.7 Å². The van der Waals surface area contributed by atoms with E-state index in [2.05, 4.69) is 45.3 Å². The maximum absolute atomic E-state index is 14.4. The van der Waals surface area contributed by atoms with Crippen molar-refractivity contribution in [1.29, 1.82) is 0 Å². The van der Waals surface area contributed by atoms with Gasteiger partial charge >= 0.3 is 6.01 Å². The molecule has 6 rings (SSSR count). The molecule has 2 aromatic heterocycles. The molecule has 242 valence electrons. The van der Waals surface area contributed by atoms with Gasteiger partial charge in [-0.2, -0.15) is 9.97 Å². The Morgan fingerprint density at radius 1 is 1.24 bits per heavy atom. The third kappa shape index (κ3) is 6.60. The van der Waals surface area contributed by atoms with Gasteiger partial charge in [0, 0.05) is 61.8 Å². The number of fused-ring (bicyclic) bond motifs is 2. The zero-order valence-electron chi connectivity index (χ0n) is 26.7. The number of benzene rings is 1. The van der Waals surface area contributed by atoms with E-state index in [1.807, 2.05) is 37.3 Å². The van der Waals surface area contributed by atoms with Crippen LogP contribution in [0.5, 0.6) is 6.01 Å². The van der Waals surface area contributed by atoms with E-state index in [0.29, 0.717) is 57.8 Å². The fraction of sp³-hybridized carbons (Fsp3) is 0.500. The summed E-state index contributed by atoms with van der Waals surface area (Å²) in [6.07, 6.45) is 5.34. The molecular weight excluding hydrogens is 590 g/mol. The molecule has 3 aromatic rings. The van der Waals surface area contributed by atoms with Gasteiger partial charge in [-0.25, -0.2) is 15.4 Å². The summed E-state index contributed by atoms with van der Waals surface area (Å²) in [5.74, 6) is -1.11. The predicted octanol–water partition coefficient (Wildman–Crippen LogP) is 4.52. The fourth-order valence-corrected chi connectivity index (χ4v) is 6.78. The number of hydrogen-bond donors (Lipinski definition) is 0. The standard InChI is InChI=1S/C34H40F2N8O2/c1-22-7-6-8-25-15-38-17-29(30(22)25)42-12-9-27-28(20-42)39-33(46-23(2)18-41(5)21-34(36)10-11-34)40-31(27)43-13-14-44(32(45)24(3)35)26(19-43)16-37-4/h6-8,15,17,23,26H,3,9-14,16,18-21H2,1-2,5H3/t23-,26+/m1/s1. The van der Waals surface area contributed by atoms with Crippen LogP contribution in [0.15, 0.2) is 43.0 Å². The van der Waals surface area contributed by atoms with Gasteiger partial charge in [0.15, 0.2) is 5.83 Å². The summed E-state index contributed by atoms with van der Waals surface area (Å²) in [7, 11) is 1.89. The normalized spacial score (nSPS) is 19.5. The number of aromatic nitrogens is 3. The van der Waals surface area contributed by atoms with Crippen LogP contribution in [-0.4, -0.2) is 101 Å². The van der Waals surface area contributed by atoms with Crippen LogP contribution in [0.1, 0.15) is 36.6 Å². The number of halogens is 2. The van der Waals surface area contributed by atoms with E-state index >= 15 is 0 Å². The maximum Gasteiger partial charge on any atom is 0.318 e. The lowest BCUT2D eigenvalue weighted by atomic mass is 10.0. The summed E-state index contributed by atoms with van der Waals surface area (Å²) in [5.41, 5.74) is 2.93. The van der Waals surface area contributed by atoms with Crippen molar-refractivity contribution in [2.24, 2.45) is 0 Å². The topological polar surface area (TPSA) is 82.3 Å². The van der Waals surface area contributed by atoms with Crippen LogP contribution in [0.4, 0.5) is 20.3 Å². The van der Waals surface area contributed by atoms with Gasteiger partial charge in [0.25, 0.3) is 5.91 Å². The van der Waals surface area contributed by atoms with Crippen molar-refractivity contribution in [3.63, 3.8) is 0 Å². The lowest BCUT2D eigenvalue weighted by molar-refractivity contribution is -0.131.